The van der Waals surface area contributed by atoms with Crippen molar-refractivity contribution in [2.45, 2.75) is 75.7 Å². The molecule has 0 aliphatic carbocycles. The number of primary amides is 1. The Morgan fingerprint density at radius 1 is 0.951 bits per heavy atom. The van der Waals surface area contributed by atoms with Crippen molar-refractivity contribution >= 4 is 48.1 Å². The highest BCUT2D eigenvalue weighted by Crippen LogP contribution is 2.13. The van der Waals surface area contributed by atoms with Gasteiger partial charge >= 0.3 is 11.9 Å². The van der Waals surface area contributed by atoms with E-state index in [1.807, 2.05) is 0 Å². The van der Waals surface area contributed by atoms with Crippen LogP contribution in [0.25, 0.3) is 0 Å². The van der Waals surface area contributed by atoms with Crippen molar-refractivity contribution in [3.8, 4) is 0 Å². The van der Waals surface area contributed by atoms with Gasteiger partial charge in [-0.3, -0.25) is 28.8 Å². The number of aliphatic hydroxyl groups excluding tert-OH is 3. The first-order valence-electron chi connectivity index (χ1n) is 12.1. The molecule has 0 saturated heterocycles. The van der Waals surface area contributed by atoms with E-state index in [-0.39, 0.29) is 19.0 Å². The topological polar surface area (TPSA) is 298 Å². The molecule has 0 aromatic heterocycles. The number of esters is 1. The van der Waals surface area contributed by atoms with Crippen LogP contribution in [0.3, 0.4) is 0 Å². The minimum atomic E-state index is -2.06. The number of hydrogen-bond donors (Lipinski definition) is 8. The fourth-order valence-corrected chi connectivity index (χ4v) is 3.22. The number of carboxylic acids is 1. The van der Waals surface area contributed by atoms with Crippen LogP contribution >= 0.6 is 0 Å². The van der Waals surface area contributed by atoms with Crippen LogP contribution in [-0.4, -0.2) is 125 Å². The quantitative estimate of drug-likeness (QED) is 0.0373. The number of hydrogen-bond acceptors (Lipinski definition) is 13. The monoisotopic (exact) mass is 592 g/mol. The number of amides is 4. The number of methoxy groups -OCH3 is 1. The molecule has 0 radical (unpaired) electrons. The first-order valence-corrected chi connectivity index (χ1v) is 12.1. The van der Waals surface area contributed by atoms with E-state index in [9.17, 15) is 53.7 Å². The molecule has 8 atom stereocenters. The molecule has 0 fully saturated rings. The molecule has 4 unspecified atom stereocenters. The van der Waals surface area contributed by atoms with Crippen molar-refractivity contribution in [2.24, 2.45) is 11.7 Å². The number of rotatable bonds is 20. The van der Waals surface area contributed by atoms with Gasteiger partial charge in [-0.25, -0.2) is 0 Å². The van der Waals surface area contributed by atoms with E-state index in [1.165, 1.54) is 6.92 Å². The summed E-state index contributed by atoms with van der Waals surface area (Å²) in [6, 6.07) is -4.45. The summed E-state index contributed by atoms with van der Waals surface area (Å²) in [5.74, 6) is -7.77. The van der Waals surface area contributed by atoms with E-state index in [4.69, 9.17) is 15.6 Å². The molecule has 9 N–H and O–H groups in total. The predicted octanol–water partition coefficient (Wildman–Crippen LogP) is -5.12. The predicted molar refractivity (Wildman–Crippen MR) is 133 cm³/mol. The lowest BCUT2D eigenvalue weighted by Gasteiger charge is -2.32. The van der Waals surface area contributed by atoms with Gasteiger partial charge in [0.05, 0.1) is 13.7 Å². The van der Waals surface area contributed by atoms with Gasteiger partial charge in [0.15, 0.2) is 0 Å². The summed E-state index contributed by atoms with van der Waals surface area (Å²) in [7, 11) is 0.980. The molecule has 0 bridgehead atoms. The average molecular weight is 593 g/mol. The maximum absolute atomic E-state index is 12.7. The third-order valence-corrected chi connectivity index (χ3v) is 5.61. The summed E-state index contributed by atoms with van der Waals surface area (Å²) >= 11 is 0. The number of aliphatic hydroxyl groups is 3. The minimum absolute atomic E-state index is 0.0751. The summed E-state index contributed by atoms with van der Waals surface area (Å²) in [5.41, 5.74) is 5.16. The van der Waals surface area contributed by atoms with Gasteiger partial charge < -0.3 is 61.2 Å². The van der Waals surface area contributed by atoms with Gasteiger partial charge in [0.1, 0.15) is 61.0 Å². The van der Waals surface area contributed by atoms with E-state index in [0.29, 0.717) is 0 Å². The minimum Gasteiger partial charge on any atom is -0.481 e. The molecule has 41 heavy (non-hydrogen) atoms. The van der Waals surface area contributed by atoms with Gasteiger partial charge in [-0.15, -0.1) is 0 Å². The van der Waals surface area contributed by atoms with Crippen LogP contribution in [0.4, 0.5) is 0 Å². The second kappa shape index (κ2) is 18.4. The number of nitrogens with one attached hydrogen (secondary N) is 3. The lowest BCUT2D eigenvalue weighted by atomic mass is 10.0. The van der Waals surface area contributed by atoms with Crippen LogP contribution in [0.1, 0.15) is 33.1 Å². The van der Waals surface area contributed by atoms with Gasteiger partial charge in [-0.1, -0.05) is 0 Å². The molecule has 232 valence electrons. The maximum Gasteiger partial charge on any atom is 0.316 e. The molecule has 0 spiro atoms. The number of carbonyl (C=O) groups excluding carboxylic acids is 7. The van der Waals surface area contributed by atoms with Crippen molar-refractivity contribution in [1.29, 1.82) is 0 Å². The highest BCUT2D eigenvalue weighted by atomic mass is 16.5. The molecule has 0 aliphatic heterocycles. The number of carboxylic acid groups (broad SMARTS) is 1. The van der Waals surface area contributed by atoms with E-state index in [0.717, 1.165) is 14.0 Å². The average Bonchev–Trinajstić information content (AvgIpc) is 2.93. The van der Waals surface area contributed by atoms with Gasteiger partial charge in [-0.05, 0) is 20.3 Å². The van der Waals surface area contributed by atoms with Gasteiger partial charge in [0, 0.05) is 12.8 Å². The zero-order valence-electron chi connectivity index (χ0n) is 22.6. The number of aldehydes is 2. The molecule has 0 saturated carbocycles. The Balaban J connectivity index is 5.58. The van der Waals surface area contributed by atoms with E-state index < -0.39 is 103 Å². The van der Waals surface area contributed by atoms with Crippen LogP contribution in [-0.2, 0) is 47.8 Å². The third-order valence-electron chi connectivity index (χ3n) is 5.61. The lowest BCUT2D eigenvalue weighted by molar-refractivity contribution is -0.158. The van der Waals surface area contributed by atoms with Crippen molar-refractivity contribution in [1.82, 2.24) is 16.0 Å². The Morgan fingerprint density at radius 3 is 2.02 bits per heavy atom. The fourth-order valence-electron chi connectivity index (χ4n) is 3.22. The van der Waals surface area contributed by atoms with E-state index >= 15 is 0 Å². The number of aliphatic carboxylic acids is 1. The molecule has 0 aromatic rings. The molecule has 18 nitrogen and oxygen atoms in total. The molecule has 0 aliphatic rings. The molecule has 0 rings (SSSR count). The van der Waals surface area contributed by atoms with Crippen molar-refractivity contribution in [3.05, 3.63) is 0 Å². The van der Waals surface area contributed by atoms with Crippen LogP contribution in [0.5, 0.6) is 0 Å². The Labute approximate surface area is 233 Å². The largest absolute Gasteiger partial charge is 0.481 e. The van der Waals surface area contributed by atoms with Crippen molar-refractivity contribution < 1.29 is 68.3 Å². The molecular weight excluding hydrogens is 556 g/mol. The zero-order valence-corrected chi connectivity index (χ0v) is 22.6. The number of carbonyl (C=O) groups is 8. The van der Waals surface area contributed by atoms with Crippen molar-refractivity contribution in [2.75, 3.05) is 13.7 Å². The van der Waals surface area contributed by atoms with Crippen LogP contribution in [0.15, 0.2) is 0 Å². The van der Waals surface area contributed by atoms with Gasteiger partial charge in [-0.2, -0.15) is 0 Å². The summed E-state index contributed by atoms with van der Waals surface area (Å²) < 4.78 is 9.79. The Hall–Kier alpha value is -4.00. The van der Waals surface area contributed by atoms with E-state index in [1.54, 1.807) is 0 Å². The number of ether oxygens (including phenoxy) is 2. The standard InChI is InChI=1S/C23H36N4O14/c1-10(21(37)27-13(20(24)36)4-5-17(33)34)25-22(38)11(2)41-19(18(35)15(31)9-30)14(8-29)26-16(32)6-12(7-28)23(39)40-3/h7-8,10-15,18-19,30-31,35H,4-6,9H2,1-3H3,(H2,24,36)(H,25,38)(H,26,32)(H,27,37)(H,33,34)/t10?,11?,12?,13?,14-,15+,18+,19+/m0/s1. The Kier molecular flexibility index (Phi) is 16.6. The first-order chi connectivity index (χ1) is 19.1. The third kappa shape index (κ3) is 12.8. The van der Waals surface area contributed by atoms with Crippen molar-refractivity contribution in [3.63, 3.8) is 0 Å². The molecular formula is C23H36N4O14. The molecule has 18 heteroatoms. The SMILES string of the molecule is COC(=O)C(C=O)CC(=O)N[C@@H](C=O)[C@@H](OC(C)C(=O)NC(C)C(=O)NC(CCC(=O)O)C(N)=O)[C@H](O)[C@H](O)CO. The Bertz CT molecular complexity index is 961. The Morgan fingerprint density at radius 2 is 1.56 bits per heavy atom. The van der Waals surface area contributed by atoms with E-state index in [2.05, 4.69) is 20.7 Å². The molecule has 0 heterocycles. The second-order valence-corrected chi connectivity index (χ2v) is 8.81. The zero-order chi connectivity index (χ0) is 31.9. The smallest absolute Gasteiger partial charge is 0.316 e. The first kappa shape index (κ1) is 37.0. The summed E-state index contributed by atoms with van der Waals surface area (Å²) in [6.45, 7) is 1.31. The van der Waals surface area contributed by atoms with Crippen LogP contribution < -0.4 is 21.7 Å². The lowest BCUT2D eigenvalue weighted by Crippen LogP contribution is -2.57. The van der Waals surface area contributed by atoms with Crippen LogP contribution in [0.2, 0.25) is 0 Å². The summed E-state index contributed by atoms with van der Waals surface area (Å²) in [6.07, 6.45) is -8.74. The normalized spacial score (nSPS) is 16.7. The van der Waals surface area contributed by atoms with Gasteiger partial charge in [0.25, 0.3) is 0 Å². The molecule has 0 aromatic carbocycles. The fraction of sp³-hybridized carbons (Fsp3) is 0.652. The highest BCUT2D eigenvalue weighted by molar-refractivity contribution is 5.94. The molecule has 4 amide bonds. The summed E-state index contributed by atoms with van der Waals surface area (Å²) in [5, 5.41) is 44.8. The van der Waals surface area contributed by atoms with Gasteiger partial charge in [0.2, 0.25) is 23.6 Å². The summed E-state index contributed by atoms with van der Waals surface area (Å²) in [4.78, 5) is 94.1. The maximum atomic E-state index is 12.7. The highest BCUT2D eigenvalue weighted by Gasteiger charge is 2.38. The van der Waals surface area contributed by atoms with Crippen LogP contribution in [0, 0.1) is 5.92 Å². The number of nitrogens with two attached hydrogens (primary N) is 1. The second-order valence-electron chi connectivity index (χ2n) is 8.81.